The highest BCUT2D eigenvalue weighted by atomic mass is 16.6. The lowest BCUT2D eigenvalue weighted by molar-refractivity contribution is 0.170. The lowest BCUT2D eigenvalue weighted by Crippen LogP contribution is -2.16. The molecular formula is C11H15NO2. The van der Waals surface area contributed by atoms with Crippen LogP contribution in [-0.4, -0.2) is 19.8 Å². The first-order chi connectivity index (χ1) is 6.81. The maximum absolute atomic E-state index is 5.53. The average molecular weight is 193 g/mol. The van der Waals surface area contributed by atoms with E-state index in [0.717, 1.165) is 23.5 Å². The fourth-order valence-electron chi connectivity index (χ4n) is 1.71. The van der Waals surface area contributed by atoms with Crippen LogP contribution >= 0.6 is 0 Å². The molecule has 1 aromatic carbocycles. The summed E-state index contributed by atoms with van der Waals surface area (Å²) >= 11 is 0. The molecule has 0 aromatic heterocycles. The van der Waals surface area contributed by atoms with E-state index >= 15 is 0 Å². The molecule has 3 heteroatoms. The molecule has 0 fully saturated rings. The van der Waals surface area contributed by atoms with Crippen LogP contribution in [0.15, 0.2) is 12.1 Å². The summed E-state index contributed by atoms with van der Waals surface area (Å²) in [7, 11) is 0. The van der Waals surface area contributed by atoms with Gasteiger partial charge in [0.25, 0.3) is 0 Å². The van der Waals surface area contributed by atoms with E-state index in [-0.39, 0.29) is 0 Å². The minimum Gasteiger partial charge on any atom is -0.486 e. The van der Waals surface area contributed by atoms with E-state index < -0.39 is 0 Å². The van der Waals surface area contributed by atoms with Gasteiger partial charge in [-0.3, -0.25) is 0 Å². The van der Waals surface area contributed by atoms with Crippen molar-refractivity contribution in [2.45, 2.75) is 13.3 Å². The van der Waals surface area contributed by atoms with Crippen molar-refractivity contribution in [2.24, 2.45) is 5.73 Å². The summed E-state index contributed by atoms with van der Waals surface area (Å²) < 4.78 is 11.1. The summed E-state index contributed by atoms with van der Waals surface area (Å²) in [5.74, 6) is 1.75. The lowest BCUT2D eigenvalue weighted by Gasteiger charge is -2.21. The minimum atomic E-state index is 0.637. The van der Waals surface area contributed by atoms with E-state index in [0.29, 0.717) is 19.8 Å². The van der Waals surface area contributed by atoms with E-state index in [4.69, 9.17) is 15.2 Å². The van der Waals surface area contributed by atoms with Gasteiger partial charge in [0.05, 0.1) is 0 Å². The Morgan fingerprint density at radius 3 is 2.86 bits per heavy atom. The highest BCUT2D eigenvalue weighted by molar-refractivity contribution is 5.49. The number of rotatable bonds is 2. The molecule has 0 unspecified atom stereocenters. The first kappa shape index (κ1) is 9.34. The predicted octanol–water partition coefficient (Wildman–Crippen LogP) is 1.27. The standard InChI is InChI=1S/C11H15NO2/c1-8-6-9(2-3-12)7-10-11(8)14-5-4-13-10/h6-7H,2-5,12H2,1H3. The van der Waals surface area contributed by atoms with Crippen LogP contribution in [0.25, 0.3) is 0 Å². The highest BCUT2D eigenvalue weighted by Gasteiger charge is 2.14. The fraction of sp³-hybridized carbons (Fsp3) is 0.455. The first-order valence-corrected chi connectivity index (χ1v) is 4.90. The van der Waals surface area contributed by atoms with E-state index in [1.165, 1.54) is 5.56 Å². The smallest absolute Gasteiger partial charge is 0.164 e. The molecule has 0 atom stereocenters. The van der Waals surface area contributed by atoms with Gasteiger partial charge in [-0.25, -0.2) is 0 Å². The lowest BCUT2D eigenvalue weighted by atomic mass is 10.1. The third kappa shape index (κ3) is 1.68. The minimum absolute atomic E-state index is 0.637. The summed E-state index contributed by atoms with van der Waals surface area (Å²) in [5.41, 5.74) is 7.86. The molecule has 2 rings (SSSR count). The topological polar surface area (TPSA) is 44.5 Å². The fourth-order valence-corrected chi connectivity index (χ4v) is 1.71. The average Bonchev–Trinajstić information content (AvgIpc) is 2.18. The van der Waals surface area contributed by atoms with Crippen LogP contribution in [0, 0.1) is 6.92 Å². The van der Waals surface area contributed by atoms with E-state index in [1.54, 1.807) is 0 Å². The van der Waals surface area contributed by atoms with Crippen LogP contribution in [0.1, 0.15) is 11.1 Å². The number of fused-ring (bicyclic) bond motifs is 1. The van der Waals surface area contributed by atoms with E-state index in [2.05, 4.69) is 6.07 Å². The third-order valence-corrected chi connectivity index (χ3v) is 2.32. The van der Waals surface area contributed by atoms with Gasteiger partial charge in [-0.2, -0.15) is 0 Å². The van der Waals surface area contributed by atoms with Gasteiger partial charge >= 0.3 is 0 Å². The zero-order valence-electron chi connectivity index (χ0n) is 8.38. The number of ether oxygens (including phenoxy) is 2. The van der Waals surface area contributed by atoms with Crippen molar-refractivity contribution < 1.29 is 9.47 Å². The van der Waals surface area contributed by atoms with Crippen LogP contribution in [0.2, 0.25) is 0 Å². The van der Waals surface area contributed by atoms with Crippen LogP contribution in [0.4, 0.5) is 0 Å². The Kier molecular flexibility index (Phi) is 2.59. The SMILES string of the molecule is Cc1cc(CCN)cc2c1OCCO2. The van der Waals surface area contributed by atoms with Crippen molar-refractivity contribution in [3.05, 3.63) is 23.3 Å². The second kappa shape index (κ2) is 3.88. The molecular weight excluding hydrogens is 178 g/mol. The Hall–Kier alpha value is -1.22. The zero-order valence-corrected chi connectivity index (χ0v) is 8.38. The van der Waals surface area contributed by atoms with Crippen LogP contribution in [0.3, 0.4) is 0 Å². The molecule has 0 spiro atoms. The van der Waals surface area contributed by atoms with Gasteiger partial charge in [-0.15, -0.1) is 0 Å². The summed E-state index contributed by atoms with van der Waals surface area (Å²) in [6.07, 6.45) is 0.886. The third-order valence-electron chi connectivity index (χ3n) is 2.32. The summed E-state index contributed by atoms with van der Waals surface area (Å²) in [4.78, 5) is 0. The quantitative estimate of drug-likeness (QED) is 0.769. The molecule has 2 N–H and O–H groups in total. The van der Waals surface area contributed by atoms with Crippen molar-refractivity contribution in [1.29, 1.82) is 0 Å². The maximum atomic E-state index is 5.53. The Bertz CT molecular complexity index is 336. The van der Waals surface area contributed by atoms with Crippen molar-refractivity contribution in [2.75, 3.05) is 19.8 Å². The molecule has 0 saturated carbocycles. The number of hydrogen-bond acceptors (Lipinski definition) is 3. The maximum Gasteiger partial charge on any atom is 0.164 e. The summed E-state index contributed by atoms with van der Waals surface area (Å²) in [5, 5.41) is 0. The summed E-state index contributed by atoms with van der Waals surface area (Å²) in [6.45, 7) is 3.98. The Morgan fingerprint density at radius 2 is 2.07 bits per heavy atom. The van der Waals surface area contributed by atoms with E-state index in [1.807, 2.05) is 13.0 Å². The molecule has 0 bridgehead atoms. The molecule has 76 valence electrons. The van der Waals surface area contributed by atoms with Crippen molar-refractivity contribution in [3.63, 3.8) is 0 Å². The normalized spacial score (nSPS) is 14.1. The summed E-state index contributed by atoms with van der Waals surface area (Å²) in [6, 6.07) is 4.13. The van der Waals surface area contributed by atoms with Gasteiger partial charge in [-0.1, -0.05) is 6.07 Å². The number of benzene rings is 1. The van der Waals surface area contributed by atoms with Gasteiger partial charge in [0.2, 0.25) is 0 Å². The molecule has 1 heterocycles. The number of aryl methyl sites for hydroxylation is 1. The monoisotopic (exact) mass is 193 g/mol. The van der Waals surface area contributed by atoms with Gasteiger partial charge < -0.3 is 15.2 Å². The van der Waals surface area contributed by atoms with Crippen LogP contribution < -0.4 is 15.2 Å². The van der Waals surface area contributed by atoms with Gasteiger partial charge in [0.15, 0.2) is 11.5 Å². The number of hydrogen-bond donors (Lipinski definition) is 1. The van der Waals surface area contributed by atoms with Crippen LogP contribution in [-0.2, 0) is 6.42 Å². The molecule has 0 radical (unpaired) electrons. The van der Waals surface area contributed by atoms with Crippen molar-refractivity contribution in [3.8, 4) is 11.5 Å². The van der Waals surface area contributed by atoms with E-state index in [9.17, 15) is 0 Å². The molecule has 1 aliphatic rings. The molecule has 1 aliphatic heterocycles. The predicted molar refractivity (Wildman–Crippen MR) is 54.9 cm³/mol. The van der Waals surface area contributed by atoms with Crippen molar-refractivity contribution in [1.82, 2.24) is 0 Å². The Labute approximate surface area is 83.8 Å². The van der Waals surface area contributed by atoms with Gasteiger partial charge in [0.1, 0.15) is 13.2 Å². The number of nitrogens with two attached hydrogens (primary N) is 1. The molecule has 0 aliphatic carbocycles. The first-order valence-electron chi connectivity index (χ1n) is 4.90. The molecule has 1 aromatic rings. The highest BCUT2D eigenvalue weighted by Crippen LogP contribution is 2.34. The van der Waals surface area contributed by atoms with Gasteiger partial charge in [-0.05, 0) is 37.1 Å². The Balaban J connectivity index is 2.36. The molecule has 3 nitrogen and oxygen atoms in total. The molecule has 0 amide bonds. The molecule has 14 heavy (non-hydrogen) atoms. The largest absolute Gasteiger partial charge is 0.486 e. The van der Waals surface area contributed by atoms with Crippen LogP contribution in [0.5, 0.6) is 11.5 Å². The molecule has 0 saturated heterocycles. The second-order valence-electron chi connectivity index (χ2n) is 3.48. The zero-order chi connectivity index (χ0) is 9.97. The Morgan fingerprint density at radius 1 is 1.29 bits per heavy atom. The second-order valence-corrected chi connectivity index (χ2v) is 3.48. The van der Waals surface area contributed by atoms with Crippen molar-refractivity contribution >= 4 is 0 Å². The van der Waals surface area contributed by atoms with Gasteiger partial charge in [0, 0.05) is 0 Å².